The second-order valence-electron chi connectivity index (χ2n) is 5.10. The molecule has 0 aromatic rings. The van der Waals surface area contributed by atoms with Crippen molar-refractivity contribution in [1.82, 2.24) is 0 Å². The number of aliphatic hydroxyl groups excluding tert-OH is 1. The Labute approximate surface area is 98.1 Å². The van der Waals surface area contributed by atoms with Gasteiger partial charge in [0.15, 0.2) is 0 Å². The summed E-state index contributed by atoms with van der Waals surface area (Å²) in [5.41, 5.74) is 0.146. The molecular weight excluding hydrogens is 226 g/mol. The van der Waals surface area contributed by atoms with E-state index in [9.17, 15) is 14.9 Å². The third kappa shape index (κ3) is 2.04. The van der Waals surface area contributed by atoms with Crippen LogP contribution in [0, 0.1) is 27.4 Å². The first-order valence-electron chi connectivity index (χ1n) is 5.61. The minimum Gasteiger partial charge on any atom is -0.481 e. The van der Waals surface area contributed by atoms with Crippen molar-refractivity contribution in [1.29, 1.82) is 0 Å². The largest absolute Gasteiger partial charge is 0.481 e. The highest BCUT2D eigenvalue weighted by Crippen LogP contribution is 2.59. The molecule has 0 saturated heterocycles. The van der Waals surface area contributed by atoms with Crippen molar-refractivity contribution >= 4 is 5.97 Å². The summed E-state index contributed by atoms with van der Waals surface area (Å²) in [6.45, 7) is -0.329. The van der Waals surface area contributed by atoms with Crippen molar-refractivity contribution in [3.8, 4) is 0 Å². The van der Waals surface area contributed by atoms with Crippen LogP contribution in [0.2, 0.25) is 0 Å². The molecule has 2 aliphatic rings. The van der Waals surface area contributed by atoms with Crippen molar-refractivity contribution in [2.75, 3.05) is 13.2 Å². The molecule has 0 amide bonds. The quantitative estimate of drug-likeness (QED) is 0.419. The molecule has 94 valence electrons. The number of nitro groups is 1. The summed E-state index contributed by atoms with van der Waals surface area (Å²) < 4.78 is 0. The number of allylic oxidation sites excluding steroid dienone is 1. The number of nitrogens with zero attached hydrogens (tertiary/aromatic N) is 1. The number of carboxylic acid groups (broad SMARTS) is 1. The van der Waals surface area contributed by atoms with E-state index in [-0.39, 0.29) is 31.4 Å². The third-order valence-electron chi connectivity index (χ3n) is 3.97. The third-order valence-corrected chi connectivity index (χ3v) is 3.97. The van der Waals surface area contributed by atoms with Crippen LogP contribution in [0.4, 0.5) is 0 Å². The van der Waals surface area contributed by atoms with Crippen molar-refractivity contribution in [2.24, 2.45) is 17.3 Å². The zero-order valence-corrected chi connectivity index (χ0v) is 9.33. The average Bonchev–Trinajstić information content (AvgIpc) is 2.54. The summed E-state index contributed by atoms with van der Waals surface area (Å²) in [5.74, 6) is -0.751. The van der Waals surface area contributed by atoms with Crippen LogP contribution >= 0.6 is 0 Å². The molecule has 0 heterocycles. The van der Waals surface area contributed by atoms with E-state index in [0.29, 0.717) is 6.42 Å². The van der Waals surface area contributed by atoms with Crippen molar-refractivity contribution in [3.63, 3.8) is 0 Å². The van der Waals surface area contributed by atoms with E-state index in [4.69, 9.17) is 10.2 Å². The van der Waals surface area contributed by atoms with Gasteiger partial charge in [-0.3, -0.25) is 14.9 Å². The molecule has 17 heavy (non-hydrogen) atoms. The van der Waals surface area contributed by atoms with Gasteiger partial charge in [0.05, 0.1) is 18.4 Å². The molecule has 2 rings (SSSR count). The summed E-state index contributed by atoms with van der Waals surface area (Å²) in [6, 6.07) is 0. The lowest BCUT2D eigenvalue weighted by Crippen LogP contribution is -2.50. The lowest BCUT2D eigenvalue weighted by molar-refractivity contribution is -0.505. The number of aliphatic hydroxyl groups is 1. The molecule has 0 spiro atoms. The highest BCUT2D eigenvalue weighted by atomic mass is 16.6. The molecule has 2 aliphatic carbocycles. The molecule has 6 nitrogen and oxygen atoms in total. The first-order chi connectivity index (χ1) is 7.97. The summed E-state index contributed by atoms with van der Waals surface area (Å²) in [7, 11) is 0. The summed E-state index contributed by atoms with van der Waals surface area (Å²) >= 11 is 0. The molecule has 3 atom stereocenters. The van der Waals surface area contributed by atoms with E-state index in [2.05, 4.69) is 0 Å². The van der Waals surface area contributed by atoms with Gasteiger partial charge in [0.2, 0.25) is 6.54 Å². The fraction of sp³-hybridized carbons (Fsp3) is 0.727. The van der Waals surface area contributed by atoms with E-state index >= 15 is 0 Å². The molecule has 1 fully saturated rings. The summed E-state index contributed by atoms with van der Waals surface area (Å²) in [5, 5.41) is 28.6. The lowest BCUT2D eigenvalue weighted by Gasteiger charge is -2.48. The van der Waals surface area contributed by atoms with Crippen LogP contribution in [-0.2, 0) is 4.79 Å². The number of fused-ring (bicyclic) bond motifs is 1. The van der Waals surface area contributed by atoms with Crippen LogP contribution < -0.4 is 0 Å². The summed E-state index contributed by atoms with van der Waals surface area (Å²) in [4.78, 5) is 21.1. The van der Waals surface area contributed by atoms with Crippen LogP contribution in [0.3, 0.4) is 0 Å². The van der Waals surface area contributed by atoms with Gasteiger partial charge in [0, 0.05) is 4.92 Å². The van der Waals surface area contributed by atoms with Gasteiger partial charge in [-0.2, -0.15) is 0 Å². The van der Waals surface area contributed by atoms with Crippen LogP contribution in [0.25, 0.3) is 0 Å². The highest BCUT2D eigenvalue weighted by molar-refractivity contribution is 5.68. The molecule has 0 unspecified atom stereocenters. The second-order valence-corrected chi connectivity index (χ2v) is 5.10. The SMILES string of the molecule is O=C(O)C[C@]1(C[N+](=O)[O-])C[C@@H]2CC(CO)=C[C@@H]21. The second kappa shape index (κ2) is 4.10. The van der Waals surface area contributed by atoms with Crippen LogP contribution in [0.5, 0.6) is 0 Å². The molecule has 0 aromatic heterocycles. The van der Waals surface area contributed by atoms with E-state index < -0.39 is 16.3 Å². The van der Waals surface area contributed by atoms with E-state index in [1.807, 2.05) is 6.08 Å². The zero-order valence-electron chi connectivity index (χ0n) is 9.33. The monoisotopic (exact) mass is 241 g/mol. The molecule has 0 aliphatic heterocycles. The van der Waals surface area contributed by atoms with Gasteiger partial charge in [-0.05, 0) is 30.3 Å². The molecule has 2 N–H and O–H groups in total. The van der Waals surface area contributed by atoms with Gasteiger partial charge in [-0.15, -0.1) is 0 Å². The standard InChI is InChI=1S/C11H15NO5/c13-5-7-1-8-3-11(4-10(14)15,6-12(16)17)9(8)2-7/h2,8-9,13H,1,3-6H2,(H,14,15)/t8-,9-,11-/m0/s1. The van der Waals surface area contributed by atoms with Gasteiger partial charge in [0.1, 0.15) is 0 Å². The maximum Gasteiger partial charge on any atom is 0.304 e. The van der Waals surface area contributed by atoms with Crippen molar-refractivity contribution in [2.45, 2.75) is 19.3 Å². The maximum atomic E-state index is 10.8. The Morgan fingerprint density at radius 3 is 2.88 bits per heavy atom. The van der Waals surface area contributed by atoms with Gasteiger partial charge in [0.25, 0.3) is 0 Å². The van der Waals surface area contributed by atoms with E-state index in [1.165, 1.54) is 0 Å². The number of hydrogen-bond donors (Lipinski definition) is 2. The van der Waals surface area contributed by atoms with Gasteiger partial charge in [-0.25, -0.2) is 0 Å². The minimum absolute atomic E-state index is 0.0331. The number of carboxylic acids is 1. The van der Waals surface area contributed by atoms with E-state index in [1.54, 1.807) is 0 Å². The maximum absolute atomic E-state index is 10.8. The smallest absolute Gasteiger partial charge is 0.304 e. The summed E-state index contributed by atoms with van der Waals surface area (Å²) in [6.07, 6.45) is 3.01. The Balaban J connectivity index is 2.17. The molecule has 0 bridgehead atoms. The number of rotatable bonds is 5. The zero-order chi connectivity index (χ0) is 12.6. The topological polar surface area (TPSA) is 101 Å². The Bertz CT molecular complexity index is 373. The number of aliphatic carboxylic acids is 1. The molecular formula is C11H15NO5. The Morgan fingerprint density at radius 1 is 1.65 bits per heavy atom. The first kappa shape index (κ1) is 12.0. The highest BCUT2D eigenvalue weighted by Gasteiger charge is 2.58. The predicted octanol–water partition coefficient (Wildman–Crippen LogP) is 0.683. The molecule has 1 saturated carbocycles. The number of hydrogen-bond acceptors (Lipinski definition) is 4. The van der Waals surface area contributed by atoms with Gasteiger partial charge in [-0.1, -0.05) is 6.08 Å². The van der Waals surface area contributed by atoms with Gasteiger partial charge >= 0.3 is 5.97 Å². The first-order valence-corrected chi connectivity index (χ1v) is 5.61. The Morgan fingerprint density at radius 2 is 2.35 bits per heavy atom. The van der Waals surface area contributed by atoms with Gasteiger partial charge < -0.3 is 10.2 Å². The fourth-order valence-electron chi connectivity index (χ4n) is 3.39. The fourth-order valence-corrected chi connectivity index (χ4v) is 3.39. The Hall–Kier alpha value is -1.43. The lowest BCUT2D eigenvalue weighted by atomic mass is 9.53. The van der Waals surface area contributed by atoms with E-state index in [0.717, 1.165) is 12.0 Å². The normalized spacial score (nSPS) is 34.8. The van der Waals surface area contributed by atoms with Crippen LogP contribution in [0.15, 0.2) is 11.6 Å². The van der Waals surface area contributed by atoms with Crippen LogP contribution in [-0.4, -0.2) is 34.3 Å². The van der Waals surface area contributed by atoms with Crippen molar-refractivity contribution < 1.29 is 19.9 Å². The Kier molecular flexibility index (Phi) is 2.91. The molecule has 6 heteroatoms. The van der Waals surface area contributed by atoms with Crippen molar-refractivity contribution in [3.05, 3.63) is 21.8 Å². The van der Waals surface area contributed by atoms with Crippen LogP contribution in [0.1, 0.15) is 19.3 Å². The predicted molar refractivity (Wildman–Crippen MR) is 57.9 cm³/mol. The minimum atomic E-state index is -0.990. The molecule has 0 radical (unpaired) electrons. The number of carbonyl (C=O) groups is 1. The average molecular weight is 241 g/mol. The molecule has 0 aromatic carbocycles.